The van der Waals surface area contributed by atoms with Gasteiger partial charge in [-0.05, 0) is 54.0 Å². The number of likely N-dealkylation sites (N-methyl/N-ethyl adjacent to an activating group) is 1. The summed E-state index contributed by atoms with van der Waals surface area (Å²) in [6, 6.07) is 4.61. The molecule has 1 N–H and O–H groups in total. The van der Waals surface area contributed by atoms with Gasteiger partial charge in [-0.2, -0.15) is 0 Å². The van der Waals surface area contributed by atoms with Crippen molar-refractivity contribution in [2.75, 3.05) is 20.1 Å². The Kier molecular flexibility index (Phi) is 3.35. The molecule has 1 saturated heterocycles. The first-order valence-electron chi connectivity index (χ1n) is 6.40. The van der Waals surface area contributed by atoms with E-state index in [1.807, 2.05) is 12.1 Å². The number of nitrogens with zero attached hydrogens (tertiary/aromatic N) is 3. The second-order valence-corrected chi connectivity index (χ2v) is 5.71. The first kappa shape index (κ1) is 12.1. The van der Waals surface area contributed by atoms with E-state index < -0.39 is 0 Å². The molecule has 5 heteroatoms. The van der Waals surface area contributed by atoms with Crippen molar-refractivity contribution in [2.45, 2.75) is 25.3 Å². The van der Waals surface area contributed by atoms with Gasteiger partial charge in [0.1, 0.15) is 10.4 Å². The summed E-state index contributed by atoms with van der Waals surface area (Å²) in [7, 11) is 2.16. The van der Waals surface area contributed by atoms with E-state index in [9.17, 15) is 0 Å². The first-order chi connectivity index (χ1) is 8.74. The molecule has 96 valence electrons. The number of hydrogen-bond donors (Lipinski definition) is 1. The molecule has 3 heterocycles. The van der Waals surface area contributed by atoms with Crippen molar-refractivity contribution in [1.82, 2.24) is 15.2 Å². The van der Waals surface area contributed by atoms with Gasteiger partial charge in [-0.25, -0.2) is 9.98 Å². The van der Waals surface area contributed by atoms with Crippen LogP contribution < -0.4 is 5.32 Å². The maximum atomic E-state index is 4.71. The van der Waals surface area contributed by atoms with Crippen LogP contribution >= 0.6 is 15.9 Å². The Morgan fingerprint density at radius 1 is 1.33 bits per heavy atom. The van der Waals surface area contributed by atoms with E-state index in [0.29, 0.717) is 6.04 Å². The van der Waals surface area contributed by atoms with E-state index >= 15 is 0 Å². The van der Waals surface area contributed by atoms with Crippen LogP contribution in [0.3, 0.4) is 0 Å². The van der Waals surface area contributed by atoms with E-state index in [4.69, 9.17) is 4.99 Å². The molecule has 1 aromatic heterocycles. The second-order valence-electron chi connectivity index (χ2n) is 4.90. The Morgan fingerprint density at radius 3 is 2.89 bits per heavy atom. The molecule has 0 aliphatic carbocycles. The first-order valence-corrected chi connectivity index (χ1v) is 7.20. The molecule has 2 aliphatic heterocycles. The van der Waals surface area contributed by atoms with Crippen molar-refractivity contribution in [3.05, 3.63) is 22.4 Å². The Labute approximate surface area is 116 Å². The number of hydrogen-bond acceptors (Lipinski definition) is 4. The van der Waals surface area contributed by atoms with Crippen LogP contribution in [0, 0.1) is 0 Å². The van der Waals surface area contributed by atoms with Crippen LogP contribution in [0.2, 0.25) is 0 Å². The summed E-state index contributed by atoms with van der Waals surface area (Å²) in [5.74, 6) is 1.16. The molecule has 0 radical (unpaired) electrons. The van der Waals surface area contributed by atoms with Gasteiger partial charge in [-0.1, -0.05) is 0 Å². The maximum Gasteiger partial charge on any atom is 0.111 e. The Balaban J connectivity index is 1.75. The van der Waals surface area contributed by atoms with Crippen molar-refractivity contribution >= 4 is 27.5 Å². The van der Waals surface area contributed by atoms with Crippen LogP contribution in [0.15, 0.2) is 21.7 Å². The third-order valence-corrected chi connectivity index (χ3v) is 4.20. The minimum atomic E-state index is 0.614. The van der Waals surface area contributed by atoms with E-state index in [1.165, 1.54) is 12.8 Å². The smallest absolute Gasteiger partial charge is 0.111 e. The van der Waals surface area contributed by atoms with Crippen molar-refractivity contribution in [3.8, 4) is 0 Å². The number of rotatable bonds is 1. The van der Waals surface area contributed by atoms with Crippen LogP contribution in [-0.2, 0) is 6.42 Å². The number of aliphatic imine (C=N–C) groups is 1. The van der Waals surface area contributed by atoms with E-state index in [1.54, 1.807) is 0 Å². The third-order valence-electron chi connectivity index (χ3n) is 3.75. The minimum Gasteiger partial charge on any atom is -0.360 e. The fourth-order valence-corrected chi connectivity index (χ4v) is 2.98. The van der Waals surface area contributed by atoms with E-state index in [-0.39, 0.29) is 0 Å². The molecule has 0 saturated carbocycles. The molecule has 1 fully saturated rings. The van der Waals surface area contributed by atoms with Gasteiger partial charge in [-0.3, -0.25) is 0 Å². The number of fused-ring (bicyclic) bond motifs is 1. The lowest BCUT2D eigenvalue weighted by Crippen LogP contribution is -2.44. The molecule has 18 heavy (non-hydrogen) atoms. The monoisotopic (exact) mass is 308 g/mol. The highest BCUT2D eigenvalue weighted by Gasteiger charge is 2.25. The normalized spacial score (nSPS) is 19.6. The molecule has 0 spiro atoms. The number of pyridine rings is 1. The molecule has 0 aromatic carbocycles. The number of halogens is 1. The molecular formula is C13H17BrN4. The lowest BCUT2D eigenvalue weighted by molar-refractivity contribution is 0.287. The summed E-state index contributed by atoms with van der Waals surface area (Å²) < 4.78 is 0.891. The zero-order chi connectivity index (χ0) is 12.5. The number of aromatic nitrogens is 1. The molecule has 3 rings (SSSR count). The standard InChI is InChI=1S/C13H17BrN4/c1-18(9-4-6-15-7-5-9)13-8-11-10(17-13)2-3-12(14)16-11/h2-3,9,15H,4-8H2,1H3. The highest BCUT2D eigenvalue weighted by atomic mass is 79.9. The highest BCUT2D eigenvalue weighted by Crippen LogP contribution is 2.28. The van der Waals surface area contributed by atoms with Crippen molar-refractivity contribution < 1.29 is 0 Å². The van der Waals surface area contributed by atoms with Crippen LogP contribution in [0.1, 0.15) is 18.5 Å². The fourth-order valence-electron chi connectivity index (χ4n) is 2.64. The van der Waals surface area contributed by atoms with Gasteiger partial charge in [0.05, 0.1) is 17.8 Å². The van der Waals surface area contributed by atoms with Gasteiger partial charge in [0, 0.05) is 13.1 Å². The minimum absolute atomic E-state index is 0.614. The van der Waals surface area contributed by atoms with Crippen molar-refractivity contribution in [3.63, 3.8) is 0 Å². The van der Waals surface area contributed by atoms with Crippen LogP contribution in [0.25, 0.3) is 0 Å². The summed E-state index contributed by atoms with van der Waals surface area (Å²) >= 11 is 3.41. The SMILES string of the molecule is CN(C1=Nc2ccc(Br)nc2C1)C1CCNCC1. The van der Waals surface area contributed by atoms with Gasteiger partial charge >= 0.3 is 0 Å². The molecule has 0 unspecified atom stereocenters. The molecular weight excluding hydrogens is 292 g/mol. The molecule has 0 amide bonds. The van der Waals surface area contributed by atoms with Crippen molar-refractivity contribution in [2.24, 2.45) is 4.99 Å². The van der Waals surface area contributed by atoms with Crippen molar-refractivity contribution in [1.29, 1.82) is 0 Å². The summed E-state index contributed by atoms with van der Waals surface area (Å²) in [4.78, 5) is 11.5. The average molecular weight is 309 g/mol. The van der Waals surface area contributed by atoms with Crippen LogP contribution in [0.5, 0.6) is 0 Å². The maximum absolute atomic E-state index is 4.71. The highest BCUT2D eigenvalue weighted by molar-refractivity contribution is 9.10. The summed E-state index contributed by atoms with van der Waals surface area (Å²) in [6.07, 6.45) is 3.25. The van der Waals surface area contributed by atoms with Gasteiger partial charge in [0.25, 0.3) is 0 Å². The van der Waals surface area contributed by atoms with Crippen LogP contribution in [-0.4, -0.2) is 41.9 Å². The van der Waals surface area contributed by atoms with E-state index in [0.717, 1.165) is 41.3 Å². The van der Waals surface area contributed by atoms with Gasteiger partial charge in [0.15, 0.2) is 0 Å². The largest absolute Gasteiger partial charge is 0.360 e. The van der Waals surface area contributed by atoms with E-state index in [2.05, 4.69) is 38.2 Å². The summed E-state index contributed by atoms with van der Waals surface area (Å²) in [5.41, 5.74) is 2.11. The average Bonchev–Trinajstić information content (AvgIpc) is 2.81. The Morgan fingerprint density at radius 2 is 2.11 bits per heavy atom. The molecule has 2 aliphatic rings. The number of amidine groups is 1. The van der Waals surface area contributed by atoms with Gasteiger partial charge in [0.2, 0.25) is 0 Å². The van der Waals surface area contributed by atoms with Gasteiger partial charge in [-0.15, -0.1) is 0 Å². The van der Waals surface area contributed by atoms with Crippen LogP contribution in [0.4, 0.5) is 5.69 Å². The lowest BCUT2D eigenvalue weighted by Gasteiger charge is -2.33. The molecule has 4 nitrogen and oxygen atoms in total. The topological polar surface area (TPSA) is 40.5 Å². The van der Waals surface area contributed by atoms with Gasteiger partial charge < -0.3 is 10.2 Å². The quantitative estimate of drug-likeness (QED) is 0.808. The number of piperidine rings is 1. The zero-order valence-corrected chi connectivity index (χ0v) is 12.1. The third kappa shape index (κ3) is 2.29. The fraction of sp³-hybridized carbons (Fsp3) is 0.538. The second kappa shape index (κ2) is 4.97. The summed E-state index contributed by atoms with van der Waals surface area (Å²) in [5, 5.41) is 3.40. The predicted molar refractivity (Wildman–Crippen MR) is 76.4 cm³/mol. The molecule has 0 atom stereocenters. The lowest BCUT2D eigenvalue weighted by atomic mass is 10.0. The Bertz CT molecular complexity index is 480. The Hall–Kier alpha value is -0.940. The molecule has 0 bridgehead atoms. The predicted octanol–water partition coefficient (Wildman–Crippen LogP) is 2.11. The summed E-state index contributed by atoms with van der Waals surface area (Å²) in [6.45, 7) is 2.22. The zero-order valence-electron chi connectivity index (χ0n) is 10.5. The number of nitrogens with one attached hydrogen (secondary N) is 1. The molecule has 1 aromatic rings.